The lowest BCUT2D eigenvalue weighted by atomic mass is 10.2. The molecular weight excluding hydrogens is 218 g/mol. The maximum absolute atomic E-state index is 10.4. The van der Waals surface area contributed by atoms with E-state index in [4.69, 9.17) is 21.8 Å². The van der Waals surface area contributed by atoms with E-state index in [0.29, 0.717) is 5.02 Å². The molecule has 1 rings (SSSR count). The molecule has 4 nitrogen and oxygen atoms in total. The molecule has 0 saturated carbocycles. The lowest BCUT2D eigenvalue weighted by Crippen LogP contribution is -2.34. The molecule has 0 aliphatic carbocycles. The Morgan fingerprint density at radius 2 is 2.00 bits per heavy atom. The fraction of sp³-hybridized carbons (Fsp3) is 0.300. The van der Waals surface area contributed by atoms with Gasteiger partial charge in [-0.15, -0.1) is 0 Å². The minimum atomic E-state index is -1.38. The van der Waals surface area contributed by atoms with Crippen LogP contribution in [0.2, 0.25) is 5.02 Å². The minimum absolute atomic E-state index is 0.0387. The van der Waals surface area contributed by atoms with Crippen molar-refractivity contribution in [3.63, 3.8) is 0 Å². The van der Waals surface area contributed by atoms with Gasteiger partial charge < -0.3 is 15.1 Å². The lowest BCUT2D eigenvalue weighted by Gasteiger charge is -2.20. The van der Waals surface area contributed by atoms with E-state index in [9.17, 15) is 4.79 Å². The number of aliphatic hydroxyl groups excluding tert-OH is 1. The van der Waals surface area contributed by atoms with Crippen molar-refractivity contribution in [1.29, 1.82) is 0 Å². The predicted molar refractivity (Wildman–Crippen MR) is 58.4 cm³/mol. The van der Waals surface area contributed by atoms with Crippen molar-refractivity contribution >= 4 is 23.3 Å². The predicted octanol–water partition coefficient (Wildman–Crippen LogP) is 1.22. The molecule has 0 heterocycles. The third kappa shape index (κ3) is 3.42. The number of halogens is 1. The summed E-state index contributed by atoms with van der Waals surface area (Å²) in [5.74, 6) is -1.23. The highest BCUT2D eigenvalue weighted by Crippen LogP contribution is 2.16. The Balaban J connectivity index is 2.64. The molecule has 5 heteroatoms. The summed E-state index contributed by atoms with van der Waals surface area (Å²) in [7, 11) is 1.70. The van der Waals surface area contributed by atoms with E-state index >= 15 is 0 Å². The Kier molecular flexibility index (Phi) is 3.94. The van der Waals surface area contributed by atoms with Crippen LogP contribution in [0.1, 0.15) is 0 Å². The molecule has 0 aliphatic heterocycles. The monoisotopic (exact) mass is 229 g/mol. The molecule has 0 fully saturated rings. The fourth-order valence-corrected chi connectivity index (χ4v) is 1.26. The topological polar surface area (TPSA) is 60.8 Å². The third-order valence-electron chi connectivity index (χ3n) is 2.00. The third-order valence-corrected chi connectivity index (χ3v) is 2.25. The van der Waals surface area contributed by atoms with Crippen LogP contribution in [-0.4, -0.2) is 35.9 Å². The Labute approximate surface area is 92.7 Å². The Morgan fingerprint density at radius 1 is 1.47 bits per heavy atom. The summed E-state index contributed by atoms with van der Waals surface area (Å²) in [5, 5.41) is 18.3. The average Bonchev–Trinajstić information content (AvgIpc) is 2.18. The van der Waals surface area contributed by atoms with Gasteiger partial charge in [0.1, 0.15) is 0 Å². The van der Waals surface area contributed by atoms with Gasteiger partial charge in [0.25, 0.3) is 0 Å². The van der Waals surface area contributed by atoms with Gasteiger partial charge in [-0.2, -0.15) is 0 Å². The molecular formula is C10H12ClNO3. The zero-order valence-corrected chi connectivity index (χ0v) is 8.98. The minimum Gasteiger partial charge on any atom is -0.479 e. The van der Waals surface area contributed by atoms with Crippen LogP contribution in [0.5, 0.6) is 0 Å². The molecule has 0 radical (unpaired) electrons. The molecule has 0 bridgehead atoms. The van der Waals surface area contributed by atoms with E-state index in [0.717, 1.165) is 5.69 Å². The molecule has 82 valence electrons. The Morgan fingerprint density at radius 3 is 2.47 bits per heavy atom. The number of rotatable bonds is 4. The molecule has 1 aromatic carbocycles. The van der Waals surface area contributed by atoms with Gasteiger partial charge in [-0.1, -0.05) is 11.6 Å². The van der Waals surface area contributed by atoms with Crippen LogP contribution >= 0.6 is 11.6 Å². The Bertz CT molecular complexity index is 339. The SMILES string of the molecule is CN(CC(O)C(=O)O)c1ccc(Cl)cc1. The second-order valence-corrected chi connectivity index (χ2v) is 3.65. The molecule has 0 spiro atoms. The van der Waals surface area contributed by atoms with Crippen molar-refractivity contribution in [3.8, 4) is 0 Å². The number of nitrogens with zero attached hydrogens (tertiary/aromatic N) is 1. The van der Waals surface area contributed by atoms with Gasteiger partial charge in [-0.25, -0.2) is 4.79 Å². The van der Waals surface area contributed by atoms with Crippen molar-refractivity contribution in [2.45, 2.75) is 6.10 Å². The van der Waals surface area contributed by atoms with Crippen LogP contribution in [0.4, 0.5) is 5.69 Å². The highest BCUT2D eigenvalue weighted by molar-refractivity contribution is 6.30. The number of hydrogen-bond acceptors (Lipinski definition) is 3. The van der Waals surface area contributed by atoms with Crippen LogP contribution in [0.3, 0.4) is 0 Å². The molecule has 0 aliphatic rings. The van der Waals surface area contributed by atoms with E-state index in [1.807, 2.05) is 0 Å². The van der Waals surface area contributed by atoms with Crippen molar-refractivity contribution in [2.24, 2.45) is 0 Å². The first-order chi connectivity index (χ1) is 7.00. The van der Waals surface area contributed by atoms with Crippen LogP contribution < -0.4 is 4.90 Å². The van der Waals surface area contributed by atoms with Crippen LogP contribution in [-0.2, 0) is 4.79 Å². The summed E-state index contributed by atoms with van der Waals surface area (Å²) < 4.78 is 0. The standard InChI is InChI=1S/C10H12ClNO3/c1-12(6-9(13)10(14)15)8-4-2-7(11)3-5-8/h2-5,9,13H,6H2,1H3,(H,14,15). The number of carboxylic acid groups (broad SMARTS) is 1. The molecule has 1 atom stereocenters. The maximum Gasteiger partial charge on any atom is 0.334 e. The average molecular weight is 230 g/mol. The van der Waals surface area contributed by atoms with E-state index in [-0.39, 0.29) is 6.54 Å². The Hall–Kier alpha value is -1.26. The highest BCUT2D eigenvalue weighted by Gasteiger charge is 2.15. The van der Waals surface area contributed by atoms with E-state index in [1.165, 1.54) is 0 Å². The summed E-state index contributed by atoms with van der Waals surface area (Å²) in [6.45, 7) is 0.0387. The van der Waals surface area contributed by atoms with Gasteiger partial charge in [0.05, 0.1) is 6.54 Å². The van der Waals surface area contributed by atoms with Crippen LogP contribution in [0.15, 0.2) is 24.3 Å². The quantitative estimate of drug-likeness (QED) is 0.815. The largest absolute Gasteiger partial charge is 0.479 e. The van der Waals surface area contributed by atoms with Gasteiger partial charge in [0.2, 0.25) is 0 Å². The first-order valence-corrected chi connectivity index (χ1v) is 4.76. The molecule has 0 aromatic heterocycles. The van der Waals surface area contributed by atoms with Gasteiger partial charge >= 0.3 is 5.97 Å². The summed E-state index contributed by atoms with van der Waals surface area (Å²) in [4.78, 5) is 12.1. The number of aliphatic hydroxyl groups is 1. The van der Waals surface area contributed by atoms with Crippen LogP contribution in [0, 0.1) is 0 Å². The fourth-order valence-electron chi connectivity index (χ4n) is 1.14. The number of likely N-dealkylation sites (N-methyl/N-ethyl adjacent to an activating group) is 1. The maximum atomic E-state index is 10.4. The van der Waals surface area contributed by atoms with Crippen LogP contribution in [0.25, 0.3) is 0 Å². The number of carbonyl (C=O) groups is 1. The van der Waals surface area contributed by atoms with E-state index in [2.05, 4.69) is 0 Å². The zero-order chi connectivity index (χ0) is 11.4. The van der Waals surface area contributed by atoms with Crippen molar-refractivity contribution in [1.82, 2.24) is 0 Å². The van der Waals surface area contributed by atoms with Gasteiger partial charge in [-0.3, -0.25) is 0 Å². The van der Waals surface area contributed by atoms with Gasteiger partial charge in [-0.05, 0) is 24.3 Å². The number of aliphatic carboxylic acids is 1. The molecule has 0 saturated heterocycles. The number of hydrogen-bond donors (Lipinski definition) is 2. The first-order valence-electron chi connectivity index (χ1n) is 4.38. The number of carboxylic acids is 1. The van der Waals surface area contributed by atoms with E-state index < -0.39 is 12.1 Å². The normalized spacial score (nSPS) is 12.2. The van der Waals surface area contributed by atoms with Gasteiger partial charge in [0.15, 0.2) is 6.10 Å². The summed E-state index contributed by atoms with van der Waals surface area (Å²) in [6.07, 6.45) is -1.38. The van der Waals surface area contributed by atoms with Crippen molar-refractivity contribution in [3.05, 3.63) is 29.3 Å². The highest BCUT2D eigenvalue weighted by atomic mass is 35.5. The molecule has 2 N–H and O–H groups in total. The van der Waals surface area contributed by atoms with E-state index in [1.54, 1.807) is 36.2 Å². The first kappa shape index (κ1) is 11.8. The summed E-state index contributed by atoms with van der Waals surface area (Å²) >= 11 is 5.71. The molecule has 1 aromatic rings. The molecule has 1 unspecified atom stereocenters. The van der Waals surface area contributed by atoms with Gasteiger partial charge in [0, 0.05) is 17.8 Å². The summed E-state index contributed by atoms with van der Waals surface area (Å²) in [5.41, 5.74) is 0.805. The zero-order valence-electron chi connectivity index (χ0n) is 8.22. The van der Waals surface area contributed by atoms with Crippen molar-refractivity contribution < 1.29 is 15.0 Å². The second kappa shape index (κ2) is 5.00. The molecule has 15 heavy (non-hydrogen) atoms. The summed E-state index contributed by atoms with van der Waals surface area (Å²) in [6, 6.07) is 6.94. The smallest absolute Gasteiger partial charge is 0.334 e. The number of anilines is 1. The van der Waals surface area contributed by atoms with Crippen molar-refractivity contribution in [2.75, 3.05) is 18.5 Å². The lowest BCUT2D eigenvalue weighted by molar-refractivity contribution is -0.146. The second-order valence-electron chi connectivity index (χ2n) is 3.21. The molecule has 0 amide bonds. The number of benzene rings is 1.